The van der Waals surface area contributed by atoms with E-state index < -0.39 is 4.92 Å². The number of allylic oxidation sites excluding steroid dienone is 1. The summed E-state index contributed by atoms with van der Waals surface area (Å²) in [5.41, 5.74) is 4.66. The van der Waals surface area contributed by atoms with Gasteiger partial charge in [0.15, 0.2) is 0 Å². The van der Waals surface area contributed by atoms with Crippen LogP contribution in [0.3, 0.4) is 0 Å². The van der Waals surface area contributed by atoms with Gasteiger partial charge in [0.05, 0.1) is 21.9 Å². The number of aliphatic imine (C=N–C) groups is 1. The maximum absolute atomic E-state index is 12.4. The van der Waals surface area contributed by atoms with Gasteiger partial charge in [0.25, 0.3) is 11.2 Å². The molecular weight excluding hydrogens is 344 g/mol. The average molecular weight is 360 g/mol. The molecule has 0 saturated carbocycles. The maximum atomic E-state index is 12.4. The van der Waals surface area contributed by atoms with E-state index in [9.17, 15) is 14.9 Å². The number of non-ortho nitro benzene ring substituents is 1. The van der Waals surface area contributed by atoms with E-state index in [1.165, 1.54) is 12.1 Å². The molecule has 1 atom stereocenters. The number of rotatable bonds is 4. The van der Waals surface area contributed by atoms with Gasteiger partial charge in [0, 0.05) is 35.4 Å². The predicted octanol–water partition coefficient (Wildman–Crippen LogP) is 4.02. The largest absolute Gasteiger partial charge is 0.301 e. The van der Waals surface area contributed by atoms with E-state index in [0.29, 0.717) is 5.56 Å². The van der Waals surface area contributed by atoms with Gasteiger partial charge < -0.3 is 5.10 Å². The third-order valence-electron chi connectivity index (χ3n) is 4.74. The Kier molecular flexibility index (Phi) is 4.04. The van der Waals surface area contributed by atoms with Gasteiger partial charge in [0.2, 0.25) is 0 Å². The highest BCUT2D eigenvalue weighted by Crippen LogP contribution is 2.33. The topological polar surface area (TPSA) is 104 Å². The van der Waals surface area contributed by atoms with Crippen molar-refractivity contribution in [2.75, 3.05) is 0 Å². The molecule has 3 aromatic rings. The van der Waals surface area contributed by atoms with Crippen LogP contribution in [0.25, 0.3) is 11.6 Å². The third-order valence-corrected chi connectivity index (χ3v) is 4.74. The Morgan fingerprint density at radius 3 is 2.59 bits per heavy atom. The van der Waals surface area contributed by atoms with Gasteiger partial charge in [0.1, 0.15) is 0 Å². The van der Waals surface area contributed by atoms with Crippen molar-refractivity contribution in [3.05, 3.63) is 91.4 Å². The van der Waals surface area contributed by atoms with Crippen LogP contribution in [0, 0.1) is 10.1 Å². The predicted molar refractivity (Wildman–Crippen MR) is 104 cm³/mol. The lowest BCUT2D eigenvalue weighted by Gasteiger charge is -2.11. The highest BCUT2D eigenvalue weighted by Gasteiger charge is 2.19. The molecule has 7 heteroatoms. The Labute approximate surface area is 154 Å². The summed E-state index contributed by atoms with van der Waals surface area (Å²) in [4.78, 5) is 27.1. The summed E-state index contributed by atoms with van der Waals surface area (Å²) in [5.74, 6) is -0.148. The summed E-state index contributed by atoms with van der Waals surface area (Å²) < 4.78 is 0. The molecule has 0 bridgehead atoms. The van der Waals surface area contributed by atoms with E-state index in [0.717, 1.165) is 28.1 Å². The Hall–Kier alpha value is -3.74. The molecule has 0 saturated heterocycles. The zero-order valence-electron chi connectivity index (χ0n) is 14.5. The molecule has 0 fully saturated rings. The standard InChI is InChI=1S/C20H16N4O3/c1-12(13-6-8-15(9-7-13)24(26)27)19-17(20(25)23-22-19)10-14-11-21-18-5-3-2-4-16(14)18/h2-12H,1H3,(H2,22,23,25)/b14-10-. The SMILES string of the molecule is CC(c1ccc([N+](=O)[O-])cc1)c1[nH][nH]c(=O)c1/C=C1/C=Nc2ccccc21. The maximum Gasteiger partial charge on any atom is 0.271 e. The molecule has 2 aromatic carbocycles. The molecule has 134 valence electrons. The fraction of sp³-hybridized carbons (Fsp3) is 0.100. The molecular formula is C20H16N4O3. The lowest BCUT2D eigenvalue weighted by atomic mass is 9.94. The fourth-order valence-corrected chi connectivity index (χ4v) is 3.23. The van der Waals surface area contributed by atoms with Crippen LogP contribution in [-0.4, -0.2) is 21.3 Å². The molecule has 27 heavy (non-hydrogen) atoms. The number of H-pyrrole nitrogens is 2. The van der Waals surface area contributed by atoms with Gasteiger partial charge in [-0.2, -0.15) is 0 Å². The summed E-state index contributed by atoms with van der Waals surface area (Å²) in [6, 6.07) is 14.1. The first-order chi connectivity index (χ1) is 13.0. The van der Waals surface area contributed by atoms with Crippen LogP contribution in [0.2, 0.25) is 0 Å². The molecule has 1 unspecified atom stereocenters. The first-order valence-corrected chi connectivity index (χ1v) is 8.44. The first-order valence-electron chi connectivity index (χ1n) is 8.44. The van der Waals surface area contributed by atoms with E-state index in [1.54, 1.807) is 18.3 Å². The second-order valence-corrected chi connectivity index (χ2v) is 6.35. The summed E-state index contributed by atoms with van der Waals surface area (Å²) >= 11 is 0. The third kappa shape index (κ3) is 2.99. The summed E-state index contributed by atoms with van der Waals surface area (Å²) in [6.07, 6.45) is 3.57. The molecule has 0 radical (unpaired) electrons. The lowest BCUT2D eigenvalue weighted by Crippen LogP contribution is -2.05. The molecule has 0 amide bonds. The Morgan fingerprint density at radius 1 is 1.11 bits per heavy atom. The molecule has 0 spiro atoms. The van der Waals surface area contributed by atoms with Crippen LogP contribution in [0.1, 0.15) is 35.2 Å². The normalized spacial score (nSPS) is 15.1. The summed E-state index contributed by atoms with van der Waals surface area (Å²) in [5, 5.41) is 16.4. The van der Waals surface area contributed by atoms with Crippen LogP contribution < -0.4 is 5.56 Å². The van der Waals surface area contributed by atoms with Crippen molar-refractivity contribution in [2.24, 2.45) is 4.99 Å². The van der Waals surface area contributed by atoms with E-state index in [1.807, 2.05) is 37.3 Å². The Balaban J connectivity index is 1.72. The molecule has 1 aliphatic rings. The molecule has 2 N–H and O–H groups in total. The number of nitro benzene ring substituents is 1. The average Bonchev–Trinajstić information content (AvgIpc) is 3.26. The van der Waals surface area contributed by atoms with Crippen LogP contribution in [0.15, 0.2) is 58.3 Å². The van der Waals surface area contributed by atoms with Crippen molar-refractivity contribution < 1.29 is 4.92 Å². The summed E-state index contributed by atoms with van der Waals surface area (Å²) in [6.45, 7) is 1.94. The molecule has 2 heterocycles. The minimum atomic E-state index is -0.431. The van der Waals surface area contributed by atoms with E-state index >= 15 is 0 Å². The van der Waals surface area contributed by atoms with E-state index in [2.05, 4.69) is 15.2 Å². The van der Waals surface area contributed by atoms with Gasteiger partial charge in [-0.25, -0.2) is 0 Å². The highest BCUT2D eigenvalue weighted by molar-refractivity contribution is 6.21. The number of para-hydroxylation sites is 1. The molecule has 7 nitrogen and oxygen atoms in total. The monoisotopic (exact) mass is 360 g/mol. The smallest absolute Gasteiger partial charge is 0.271 e. The van der Waals surface area contributed by atoms with Crippen LogP contribution in [-0.2, 0) is 0 Å². The number of nitrogens with zero attached hydrogens (tertiary/aromatic N) is 2. The van der Waals surface area contributed by atoms with Crippen LogP contribution in [0.4, 0.5) is 11.4 Å². The van der Waals surface area contributed by atoms with Crippen molar-refractivity contribution in [3.63, 3.8) is 0 Å². The van der Waals surface area contributed by atoms with Crippen molar-refractivity contribution in [2.45, 2.75) is 12.8 Å². The minimum absolute atomic E-state index is 0.0367. The van der Waals surface area contributed by atoms with E-state index in [4.69, 9.17) is 0 Å². The van der Waals surface area contributed by atoms with Gasteiger partial charge in [-0.3, -0.25) is 25.0 Å². The van der Waals surface area contributed by atoms with Crippen molar-refractivity contribution >= 4 is 29.2 Å². The second kappa shape index (κ2) is 6.53. The zero-order valence-corrected chi connectivity index (χ0v) is 14.5. The number of nitrogens with one attached hydrogen (secondary N) is 2. The number of aromatic amines is 2. The van der Waals surface area contributed by atoms with Crippen LogP contribution in [0.5, 0.6) is 0 Å². The molecule has 1 aromatic heterocycles. The Morgan fingerprint density at radius 2 is 1.85 bits per heavy atom. The zero-order chi connectivity index (χ0) is 19.0. The summed E-state index contributed by atoms with van der Waals surface area (Å²) in [7, 11) is 0. The molecule has 1 aliphatic heterocycles. The molecule has 4 rings (SSSR count). The van der Waals surface area contributed by atoms with E-state index in [-0.39, 0.29) is 17.2 Å². The fourth-order valence-electron chi connectivity index (χ4n) is 3.23. The van der Waals surface area contributed by atoms with Gasteiger partial charge in [-0.1, -0.05) is 37.3 Å². The van der Waals surface area contributed by atoms with Gasteiger partial charge >= 0.3 is 0 Å². The number of aromatic nitrogens is 2. The number of hydrogen-bond donors (Lipinski definition) is 2. The molecule has 0 aliphatic carbocycles. The van der Waals surface area contributed by atoms with Gasteiger partial charge in [-0.05, 0) is 17.7 Å². The number of benzene rings is 2. The lowest BCUT2D eigenvalue weighted by molar-refractivity contribution is -0.384. The van der Waals surface area contributed by atoms with Crippen molar-refractivity contribution in [3.8, 4) is 0 Å². The van der Waals surface area contributed by atoms with Gasteiger partial charge in [-0.15, -0.1) is 0 Å². The minimum Gasteiger partial charge on any atom is -0.301 e. The quantitative estimate of drug-likeness (QED) is 0.542. The number of fused-ring (bicyclic) bond motifs is 1. The second-order valence-electron chi connectivity index (χ2n) is 6.35. The van der Waals surface area contributed by atoms with Crippen molar-refractivity contribution in [1.29, 1.82) is 0 Å². The number of nitro groups is 1. The Bertz CT molecular complexity index is 1140. The first kappa shape index (κ1) is 16.7. The van der Waals surface area contributed by atoms with Crippen molar-refractivity contribution in [1.82, 2.24) is 10.2 Å². The number of hydrogen-bond acceptors (Lipinski definition) is 4. The van der Waals surface area contributed by atoms with Crippen LogP contribution >= 0.6 is 0 Å². The highest BCUT2D eigenvalue weighted by atomic mass is 16.6.